The number of piperazine rings is 1. The van der Waals surface area contributed by atoms with Gasteiger partial charge in [-0.2, -0.15) is 0 Å². The number of hydrogen-bond donors (Lipinski definition) is 2. The fourth-order valence-electron chi connectivity index (χ4n) is 2.70. The van der Waals surface area contributed by atoms with Crippen LogP contribution in [0.1, 0.15) is 19.3 Å². The van der Waals surface area contributed by atoms with E-state index in [1.165, 1.54) is 12.8 Å². The Hall–Kier alpha value is -1.14. The van der Waals surface area contributed by atoms with Crippen molar-refractivity contribution in [2.24, 2.45) is 0 Å². The molecule has 0 spiro atoms. The molecule has 108 valence electrons. The molecule has 1 atom stereocenters. The van der Waals surface area contributed by atoms with E-state index in [1.807, 2.05) is 0 Å². The molecule has 6 heteroatoms. The largest absolute Gasteiger partial charge is 0.346 e. The van der Waals surface area contributed by atoms with Crippen molar-refractivity contribution in [2.75, 3.05) is 46.3 Å². The highest BCUT2D eigenvalue weighted by Gasteiger charge is 2.25. The first-order chi connectivity index (χ1) is 9.18. The van der Waals surface area contributed by atoms with Gasteiger partial charge in [0.1, 0.15) is 0 Å². The van der Waals surface area contributed by atoms with Gasteiger partial charge in [0.05, 0.1) is 0 Å². The van der Waals surface area contributed by atoms with Crippen molar-refractivity contribution in [2.45, 2.75) is 25.3 Å². The molecule has 0 radical (unpaired) electrons. The minimum Gasteiger partial charge on any atom is -0.346 e. The molecule has 0 aromatic heterocycles. The van der Waals surface area contributed by atoms with Gasteiger partial charge in [0, 0.05) is 38.8 Å². The van der Waals surface area contributed by atoms with E-state index in [9.17, 15) is 9.59 Å². The van der Waals surface area contributed by atoms with Crippen LogP contribution in [0.5, 0.6) is 0 Å². The van der Waals surface area contributed by atoms with E-state index < -0.39 is 5.91 Å². The number of hydrogen-bond acceptors (Lipinski definition) is 4. The van der Waals surface area contributed by atoms with Gasteiger partial charge >= 0.3 is 11.8 Å². The number of likely N-dealkylation sites (N-methyl/N-ethyl adjacent to an activating group) is 1. The van der Waals surface area contributed by atoms with Gasteiger partial charge in [0.2, 0.25) is 0 Å². The Morgan fingerprint density at radius 3 is 2.63 bits per heavy atom. The fourth-order valence-corrected chi connectivity index (χ4v) is 2.70. The highest BCUT2D eigenvalue weighted by Crippen LogP contribution is 2.13. The van der Waals surface area contributed by atoms with Gasteiger partial charge in [-0.05, 0) is 26.4 Å². The van der Waals surface area contributed by atoms with E-state index >= 15 is 0 Å². The topological polar surface area (TPSA) is 64.7 Å². The molecular weight excluding hydrogens is 244 g/mol. The molecule has 0 aliphatic carbocycles. The van der Waals surface area contributed by atoms with Gasteiger partial charge in [-0.15, -0.1) is 0 Å². The molecule has 2 heterocycles. The summed E-state index contributed by atoms with van der Waals surface area (Å²) in [5.74, 6) is -0.846. The molecular formula is C13H24N4O2. The summed E-state index contributed by atoms with van der Waals surface area (Å²) in [7, 11) is 2.08. The molecule has 2 N–H and O–H groups in total. The number of rotatable bonds is 2. The van der Waals surface area contributed by atoms with Crippen LogP contribution in [0.3, 0.4) is 0 Å². The first-order valence-corrected chi connectivity index (χ1v) is 7.16. The first-order valence-electron chi connectivity index (χ1n) is 7.16. The zero-order chi connectivity index (χ0) is 13.7. The Labute approximate surface area is 114 Å². The van der Waals surface area contributed by atoms with Crippen molar-refractivity contribution in [1.29, 1.82) is 0 Å². The molecule has 0 aromatic rings. The summed E-state index contributed by atoms with van der Waals surface area (Å²) >= 11 is 0. The Morgan fingerprint density at radius 1 is 1.21 bits per heavy atom. The Morgan fingerprint density at radius 2 is 1.95 bits per heavy atom. The van der Waals surface area contributed by atoms with Crippen LogP contribution in [0, 0.1) is 0 Å². The molecule has 0 aromatic carbocycles. The van der Waals surface area contributed by atoms with Crippen LogP contribution in [0.2, 0.25) is 0 Å². The van der Waals surface area contributed by atoms with Crippen LogP contribution in [-0.4, -0.2) is 74.0 Å². The molecule has 2 aliphatic rings. The Kier molecular flexibility index (Phi) is 5.15. The van der Waals surface area contributed by atoms with Crippen molar-refractivity contribution >= 4 is 11.8 Å². The summed E-state index contributed by atoms with van der Waals surface area (Å²) in [6, 6.07) is 0.369. The Bertz CT molecular complexity index is 329. The fraction of sp³-hybridized carbons (Fsp3) is 0.846. The van der Waals surface area contributed by atoms with E-state index in [1.54, 1.807) is 4.90 Å². The monoisotopic (exact) mass is 268 g/mol. The second-order valence-corrected chi connectivity index (χ2v) is 5.38. The van der Waals surface area contributed by atoms with Gasteiger partial charge in [-0.1, -0.05) is 6.42 Å². The minimum absolute atomic E-state index is 0.369. The van der Waals surface area contributed by atoms with E-state index in [0.29, 0.717) is 25.7 Å². The predicted molar refractivity (Wildman–Crippen MR) is 72.7 cm³/mol. The lowest BCUT2D eigenvalue weighted by Gasteiger charge is -2.32. The minimum atomic E-state index is -0.458. The normalized spacial score (nSPS) is 25.1. The van der Waals surface area contributed by atoms with Crippen molar-refractivity contribution < 1.29 is 9.59 Å². The maximum absolute atomic E-state index is 11.9. The molecule has 2 saturated heterocycles. The number of amides is 2. The summed E-state index contributed by atoms with van der Waals surface area (Å²) in [5.41, 5.74) is 0. The zero-order valence-electron chi connectivity index (χ0n) is 11.7. The van der Waals surface area contributed by atoms with Crippen LogP contribution < -0.4 is 10.6 Å². The molecule has 1 unspecified atom stereocenters. The van der Waals surface area contributed by atoms with Crippen molar-refractivity contribution in [1.82, 2.24) is 20.4 Å². The van der Waals surface area contributed by atoms with E-state index in [2.05, 4.69) is 22.6 Å². The van der Waals surface area contributed by atoms with Crippen molar-refractivity contribution in [3.05, 3.63) is 0 Å². The van der Waals surface area contributed by atoms with Crippen LogP contribution in [0.25, 0.3) is 0 Å². The summed E-state index contributed by atoms with van der Waals surface area (Å²) in [4.78, 5) is 27.7. The molecule has 2 rings (SSSR count). The number of piperidine rings is 1. The molecule has 6 nitrogen and oxygen atoms in total. The average molecular weight is 268 g/mol. The third kappa shape index (κ3) is 3.91. The van der Waals surface area contributed by atoms with Crippen LogP contribution in [-0.2, 0) is 9.59 Å². The molecule has 0 saturated carbocycles. The van der Waals surface area contributed by atoms with Crippen LogP contribution in [0.15, 0.2) is 0 Å². The highest BCUT2D eigenvalue weighted by molar-refractivity contribution is 6.35. The number of likely N-dealkylation sites (tertiary alicyclic amines) is 1. The first kappa shape index (κ1) is 14.3. The Balaban J connectivity index is 1.75. The second kappa shape index (κ2) is 6.86. The smallest absolute Gasteiger partial charge is 0.311 e. The molecule has 0 bridgehead atoms. The van der Waals surface area contributed by atoms with E-state index in [4.69, 9.17) is 0 Å². The van der Waals surface area contributed by atoms with Crippen molar-refractivity contribution in [3.63, 3.8) is 0 Å². The number of carbonyl (C=O) groups excluding carboxylic acids is 2. The van der Waals surface area contributed by atoms with Crippen molar-refractivity contribution in [3.8, 4) is 0 Å². The quantitative estimate of drug-likeness (QED) is 0.632. The molecule has 2 amide bonds. The van der Waals surface area contributed by atoms with Crippen LogP contribution in [0.4, 0.5) is 0 Å². The third-order valence-corrected chi connectivity index (χ3v) is 4.02. The lowest BCUT2D eigenvalue weighted by atomic mass is 10.0. The third-order valence-electron chi connectivity index (χ3n) is 4.02. The number of nitrogens with zero attached hydrogens (tertiary/aromatic N) is 2. The van der Waals surface area contributed by atoms with Gasteiger partial charge in [0.15, 0.2) is 0 Å². The van der Waals surface area contributed by atoms with Gasteiger partial charge in [-0.3, -0.25) is 9.59 Å². The maximum atomic E-state index is 11.9. The lowest BCUT2D eigenvalue weighted by Crippen LogP contribution is -2.53. The summed E-state index contributed by atoms with van der Waals surface area (Å²) in [5, 5.41) is 5.95. The number of nitrogens with one attached hydrogen (secondary N) is 2. The highest BCUT2D eigenvalue weighted by atomic mass is 16.2. The molecule has 2 aliphatic heterocycles. The second-order valence-electron chi connectivity index (χ2n) is 5.38. The standard InChI is InChI=1S/C13H24N4O2/c1-16-7-3-2-4-11(16)10-15-12(18)13(19)17-8-5-14-6-9-17/h11,14H,2-10H2,1H3,(H,15,18). The predicted octanol–water partition coefficient (Wildman–Crippen LogP) is -0.981. The van der Waals surface area contributed by atoms with E-state index in [0.717, 1.165) is 26.1 Å². The lowest BCUT2D eigenvalue weighted by molar-refractivity contribution is -0.146. The van der Waals surface area contributed by atoms with Gasteiger partial charge < -0.3 is 20.4 Å². The summed E-state index contributed by atoms with van der Waals surface area (Å²) in [6.45, 7) is 4.43. The zero-order valence-corrected chi connectivity index (χ0v) is 11.7. The summed E-state index contributed by atoms with van der Waals surface area (Å²) in [6.07, 6.45) is 3.52. The van der Waals surface area contributed by atoms with E-state index in [-0.39, 0.29) is 5.91 Å². The van der Waals surface area contributed by atoms with Gasteiger partial charge in [-0.25, -0.2) is 0 Å². The maximum Gasteiger partial charge on any atom is 0.311 e. The van der Waals surface area contributed by atoms with Gasteiger partial charge in [0.25, 0.3) is 0 Å². The molecule has 2 fully saturated rings. The molecule has 19 heavy (non-hydrogen) atoms. The summed E-state index contributed by atoms with van der Waals surface area (Å²) < 4.78 is 0. The SMILES string of the molecule is CN1CCCCC1CNC(=O)C(=O)N1CCNCC1. The number of carbonyl (C=O) groups is 2. The average Bonchev–Trinajstić information content (AvgIpc) is 2.46. The van der Waals surface area contributed by atoms with Crippen LogP contribution >= 0.6 is 0 Å².